The number of piperazine rings is 1. The first-order chi connectivity index (χ1) is 13.9. The van der Waals surface area contributed by atoms with Crippen LogP contribution in [0.2, 0.25) is 0 Å². The van der Waals surface area contributed by atoms with Gasteiger partial charge in [-0.1, -0.05) is 48.5 Å². The van der Waals surface area contributed by atoms with Crippen molar-refractivity contribution in [2.45, 2.75) is 26.3 Å². The molecule has 1 aliphatic rings. The molecular weight excluding hydrogens is 364 g/mol. The number of aryl methyl sites for hydroxylation is 2. The molecule has 1 saturated heterocycles. The second-order valence-electron chi connectivity index (χ2n) is 7.71. The van der Waals surface area contributed by atoms with E-state index in [1.807, 2.05) is 67.3 Å². The number of rotatable bonds is 6. The Balaban J connectivity index is 1.46. The third kappa shape index (κ3) is 5.65. The van der Waals surface area contributed by atoms with Gasteiger partial charge < -0.3 is 16.0 Å². The quantitative estimate of drug-likeness (QED) is 0.785. The molecule has 1 fully saturated rings. The average molecular weight is 395 g/mol. The smallest absolute Gasteiger partial charge is 0.239 e. The molecule has 1 heterocycles. The molecule has 3 N–H and O–H groups in total. The Hall–Kier alpha value is -2.70. The molecule has 0 bridgehead atoms. The minimum atomic E-state index is -0.531. The van der Waals surface area contributed by atoms with Crippen molar-refractivity contribution in [3.63, 3.8) is 0 Å². The molecule has 154 valence electrons. The molecule has 3 rings (SSSR count). The summed E-state index contributed by atoms with van der Waals surface area (Å²) in [7, 11) is 0. The number of hydrogen-bond acceptors (Lipinski definition) is 4. The van der Waals surface area contributed by atoms with Crippen molar-refractivity contribution in [1.82, 2.24) is 9.80 Å². The van der Waals surface area contributed by atoms with Crippen molar-refractivity contribution in [2.75, 3.05) is 38.0 Å². The van der Waals surface area contributed by atoms with Gasteiger partial charge >= 0.3 is 0 Å². The summed E-state index contributed by atoms with van der Waals surface area (Å²) < 4.78 is 0. The number of nitrogens with zero attached hydrogens (tertiary/aromatic N) is 2. The molecular formula is C23H30N4O2. The van der Waals surface area contributed by atoms with E-state index in [9.17, 15) is 9.59 Å². The minimum absolute atomic E-state index is 0.0199. The number of nitrogens with one attached hydrogen (secondary N) is 1. The van der Waals surface area contributed by atoms with Crippen molar-refractivity contribution in [3.8, 4) is 0 Å². The van der Waals surface area contributed by atoms with Crippen LogP contribution < -0.4 is 11.1 Å². The normalized spacial score (nSPS) is 15.8. The SMILES string of the molecule is Cc1cccc(C)c1NC(=O)CN1CCN(C(=O)C(N)Cc2ccccc2)CC1. The fourth-order valence-corrected chi connectivity index (χ4v) is 3.71. The molecule has 1 aliphatic heterocycles. The van der Waals surface area contributed by atoms with E-state index in [4.69, 9.17) is 5.73 Å². The lowest BCUT2D eigenvalue weighted by molar-refractivity contribution is -0.134. The third-order valence-electron chi connectivity index (χ3n) is 5.41. The Morgan fingerprint density at radius 2 is 1.59 bits per heavy atom. The lowest BCUT2D eigenvalue weighted by atomic mass is 10.1. The van der Waals surface area contributed by atoms with E-state index in [1.165, 1.54) is 0 Å². The third-order valence-corrected chi connectivity index (χ3v) is 5.41. The van der Waals surface area contributed by atoms with Crippen LogP contribution in [-0.4, -0.2) is 60.4 Å². The van der Waals surface area contributed by atoms with Crippen LogP contribution in [0.4, 0.5) is 5.69 Å². The molecule has 0 radical (unpaired) electrons. The van der Waals surface area contributed by atoms with Crippen LogP contribution in [0, 0.1) is 13.8 Å². The number of benzene rings is 2. The molecule has 0 spiro atoms. The number of nitrogens with two attached hydrogens (primary N) is 1. The van der Waals surface area contributed by atoms with Gasteiger partial charge in [-0.05, 0) is 37.0 Å². The van der Waals surface area contributed by atoms with Crippen LogP contribution in [0.15, 0.2) is 48.5 Å². The van der Waals surface area contributed by atoms with Crippen LogP contribution in [0.1, 0.15) is 16.7 Å². The fourth-order valence-electron chi connectivity index (χ4n) is 3.71. The van der Waals surface area contributed by atoms with Crippen molar-refractivity contribution in [2.24, 2.45) is 5.73 Å². The van der Waals surface area contributed by atoms with E-state index in [2.05, 4.69) is 10.2 Å². The van der Waals surface area contributed by atoms with E-state index >= 15 is 0 Å². The standard InChI is InChI=1S/C23H30N4O2/c1-17-7-6-8-18(2)22(17)25-21(28)16-26-11-13-27(14-12-26)23(29)20(24)15-19-9-4-3-5-10-19/h3-10,20H,11-16,24H2,1-2H3,(H,25,28). The van der Waals surface area contributed by atoms with Gasteiger partial charge in [-0.3, -0.25) is 14.5 Å². The maximum Gasteiger partial charge on any atom is 0.239 e. The number of para-hydroxylation sites is 1. The van der Waals surface area contributed by atoms with Gasteiger partial charge in [0.1, 0.15) is 0 Å². The Bertz CT molecular complexity index is 825. The van der Waals surface area contributed by atoms with Crippen molar-refractivity contribution >= 4 is 17.5 Å². The molecule has 29 heavy (non-hydrogen) atoms. The average Bonchev–Trinajstić information content (AvgIpc) is 2.71. The first kappa shape index (κ1) is 21.0. The van der Waals surface area contributed by atoms with Gasteiger partial charge in [0.05, 0.1) is 12.6 Å². The van der Waals surface area contributed by atoms with Gasteiger partial charge in [0.15, 0.2) is 0 Å². The van der Waals surface area contributed by atoms with Crippen molar-refractivity contribution < 1.29 is 9.59 Å². The number of carbonyl (C=O) groups is 2. The van der Waals surface area contributed by atoms with Crippen LogP contribution in [0.5, 0.6) is 0 Å². The largest absolute Gasteiger partial charge is 0.339 e. The van der Waals surface area contributed by atoms with Gasteiger partial charge in [0.25, 0.3) is 0 Å². The molecule has 2 aromatic rings. The number of anilines is 1. The van der Waals surface area contributed by atoms with E-state index in [-0.39, 0.29) is 11.8 Å². The molecule has 1 atom stereocenters. The summed E-state index contributed by atoms with van der Waals surface area (Å²) in [6, 6.07) is 15.3. The Morgan fingerprint density at radius 1 is 0.966 bits per heavy atom. The fraction of sp³-hybridized carbons (Fsp3) is 0.391. The van der Waals surface area contributed by atoms with Crippen LogP contribution in [0.25, 0.3) is 0 Å². The van der Waals surface area contributed by atoms with Crippen LogP contribution in [0.3, 0.4) is 0 Å². The maximum atomic E-state index is 12.7. The van der Waals surface area contributed by atoms with E-state index < -0.39 is 6.04 Å². The summed E-state index contributed by atoms with van der Waals surface area (Å²) in [6.07, 6.45) is 0.540. The second kappa shape index (κ2) is 9.67. The van der Waals surface area contributed by atoms with Gasteiger partial charge in [-0.15, -0.1) is 0 Å². The first-order valence-electron chi connectivity index (χ1n) is 10.1. The van der Waals surface area contributed by atoms with E-state index in [1.54, 1.807) is 0 Å². The molecule has 2 aromatic carbocycles. The van der Waals surface area contributed by atoms with Crippen LogP contribution in [-0.2, 0) is 16.0 Å². The predicted octanol–water partition coefficient (Wildman–Crippen LogP) is 1.96. The van der Waals surface area contributed by atoms with E-state index in [0.29, 0.717) is 39.1 Å². The highest BCUT2D eigenvalue weighted by Crippen LogP contribution is 2.19. The topological polar surface area (TPSA) is 78.7 Å². The summed E-state index contributed by atoms with van der Waals surface area (Å²) in [6.45, 7) is 6.84. The summed E-state index contributed by atoms with van der Waals surface area (Å²) in [4.78, 5) is 29.0. The number of hydrogen-bond donors (Lipinski definition) is 2. The van der Waals surface area contributed by atoms with Gasteiger partial charge in [0.2, 0.25) is 11.8 Å². The van der Waals surface area contributed by atoms with Gasteiger partial charge in [-0.2, -0.15) is 0 Å². The zero-order valence-electron chi connectivity index (χ0n) is 17.2. The molecule has 0 aromatic heterocycles. The molecule has 2 amide bonds. The summed E-state index contributed by atoms with van der Waals surface area (Å²) in [5.41, 5.74) is 10.2. The lowest BCUT2D eigenvalue weighted by Crippen LogP contribution is -2.54. The van der Waals surface area contributed by atoms with Gasteiger partial charge in [-0.25, -0.2) is 0 Å². The molecule has 6 nitrogen and oxygen atoms in total. The molecule has 1 unspecified atom stereocenters. The summed E-state index contributed by atoms with van der Waals surface area (Å²) in [5, 5.41) is 3.02. The molecule has 0 aliphatic carbocycles. The number of amides is 2. The molecule has 6 heteroatoms. The Kier molecular flexibility index (Phi) is 7.01. The van der Waals surface area contributed by atoms with E-state index in [0.717, 1.165) is 22.4 Å². The Morgan fingerprint density at radius 3 is 2.21 bits per heavy atom. The monoisotopic (exact) mass is 394 g/mol. The molecule has 0 saturated carbocycles. The van der Waals surface area contributed by atoms with Crippen molar-refractivity contribution in [1.29, 1.82) is 0 Å². The summed E-state index contributed by atoms with van der Waals surface area (Å²) in [5.74, 6) is -0.0450. The predicted molar refractivity (Wildman–Crippen MR) is 116 cm³/mol. The van der Waals surface area contributed by atoms with Crippen LogP contribution >= 0.6 is 0 Å². The maximum absolute atomic E-state index is 12.7. The summed E-state index contributed by atoms with van der Waals surface area (Å²) >= 11 is 0. The van der Waals surface area contributed by atoms with Gasteiger partial charge in [0, 0.05) is 31.9 Å². The minimum Gasteiger partial charge on any atom is -0.339 e. The van der Waals surface area contributed by atoms with Crippen molar-refractivity contribution in [3.05, 3.63) is 65.2 Å². The number of carbonyl (C=O) groups excluding carboxylic acids is 2. The highest BCUT2D eigenvalue weighted by atomic mass is 16.2. The zero-order valence-corrected chi connectivity index (χ0v) is 17.2. The first-order valence-corrected chi connectivity index (χ1v) is 10.1. The highest BCUT2D eigenvalue weighted by Gasteiger charge is 2.26. The Labute approximate surface area is 172 Å². The zero-order chi connectivity index (χ0) is 20.8. The lowest BCUT2D eigenvalue weighted by Gasteiger charge is -2.35. The highest BCUT2D eigenvalue weighted by molar-refractivity contribution is 5.93. The second-order valence-corrected chi connectivity index (χ2v) is 7.71.